The van der Waals surface area contributed by atoms with E-state index in [0.29, 0.717) is 25.4 Å². The van der Waals surface area contributed by atoms with Crippen molar-refractivity contribution in [1.29, 1.82) is 0 Å². The summed E-state index contributed by atoms with van der Waals surface area (Å²) in [6.45, 7) is 4.42. The Kier molecular flexibility index (Phi) is 5.56. The zero-order valence-corrected chi connectivity index (χ0v) is 20.4. The first-order chi connectivity index (χ1) is 17.0. The number of hydrogen-bond donors (Lipinski definition) is 0. The van der Waals surface area contributed by atoms with E-state index in [1.54, 1.807) is 17.8 Å². The van der Waals surface area contributed by atoms with E-state index in [1.807, 2.05) is 18.1 Å². The second-order valence-electron chi connectivity index (χ2n) is 10.0. The number of ether oxygens (including phenoxy) is 1. The van der Waals surface area contributed by atoms with Gasteiger partial charge in [0.15, 0.2) is 0 Å². The summed E-state index contributed by atoms with van der Waals surface area (Å²) in [4.78, 5) is 27.5. The molecule has 6 rings (SSSR count). The third kappa shape index (κ3) is 3.89. The molecule has 0 bridgehead atoms. The number of aromatic nitrogens is 4. The maximum absolute atomic E-state index is 13.3. The SMILES string of the molecule is CC(=O)N1CCc2c(c(-c3cccc4c3CC(=O)C(c3cnn(C)c3)C4)nn2C2CCOCC2)C1. The second kappa shape index (κ2) is 8.75. The molecule has 8 nitrogen and oxygen atoms in total. The minimum atomic E-state index is -0.159. The van der Waals surface area contributed by atoms with Crippen molar-refractivity contribution in [2.75, 3.05) is 19.8 Å². The van der Waals surface area contributed by atoms with Crippen molar-refractivity contribution in [3.8, 4) is 11.3 Å². The number of fused-ring (bicyclic) bond motifs is 2. The molecule has 2 aliphatic heterocycles. The van der Waals surface area contributed by atoms with Gasteiger partial charge in [-0.1, -0.05) is 18.2 Å². The average Bonchev–Trinajstić information content (AvgIpc) is 3.47. The molecule has 182 valence electrons. The van der Waals surface area contributed by atoms with Gasteiger partial charge >= 0.3 is 0 Å². The van der Waals surface area contributed by atoms with Gasteiger partial charge in [0.2, 0.25) is 5.91 Å². The zero-order valence-electron chi connectivity index (χ0n) is 20.4. The number of amides is 1. The van der Waals surface area contributed by atoms with Crippen LogP contribution in [0.2, 0.25) is 0 Å². The minimum Gasteiger partial charge on any atom is -0.381 e. The number of ketones is 1. The Morgan fingerprint density at radius 2 is 2.00 bits per heavy atom. The third-order valence-corrected chi connectivity index (χ3v) is 7.89. The number of aryl methyl sites for hydroxylation is 1. The normalized spacial score (nSPS) is 20.6. The Bertz CT molecular complexity index is 1300. The van der Waals surface area contributed by atoms with Crippen molar-refractivity contribution in [3.63, 3.8) is 0 Å². The molecule has 1 atom stereocenters. The molecule has 8 heteroatoms. The summed E-state index contributed by atoms with van der Waals surface area (Å²) in [5.41, 5.74) is 7.59. The van der Waals surface area contributed by atoms with Crippen molar-refractivity contribution in [3.05, 3.63) is 58.5 Å². The van der Waals surface area contributed by atoms with Crippen LogP contribution in [0.25, 0.3) is 11.3 Å². The fourth-order valence-corrected chi connectivity index (χ4v) is 5.97. The van der Waals surface area contributed by atoms with Gasteiger partial charge in [-0.05, 0) is 30.4 Å². The van der Waals surface area contributed by atoms with Crippen molar-refractivity contribution >= 4 is 11.7 Å². The zero-order chi connectivity index (χ0) is 24.1. The number of carbonyl (C=O) groups excluding carboxylic acids is 2. The predicted octanol–water partition coefficient (Wildman–Crippen LogP) is 2.99. The molecular formula is C27H31N5O3. The summed E-state index contributed by atoms with van der Waals surface area (Å²) in [5.74, 6) is 0.152. The molecule has 1 fully saturated rings. The quantitative estimate of drug-likeness (QED) is 0.584. The molecule has 3 aromatic rings. The predicted molar refractivity (Wildman–Crippen MR) is 130 cm³/mol. The van der Waals surface area contributed by atoms with Crippen molar-refractivity contribution < 1.29 is 14.3 Å². The Hall–Kier alpha value is -3.26. The molecule has 0 N–H and O–H groups in total. The lowest BCUT2D eigenvalue weighted by Gasteiger charge is -2.29. The molecule has 0 spiro atoms. The van der Waals surface area contributed by atoms with Crippen molar-refractivity contribution in [2.45, 2.75) is 57.5 Å². The van der Waals surface area contributed by atoms with E-state index in [2.05, 4.69) is 28.0 Å². The number of nitrogens with zero attached hydrogens (tertiary/aromatic N) is 5. The minimum absolute atomic E-state index is 0.0880. The lowest BCUT2D eigenvalue weighted by atomic mass is 9.78. The number of rotatable bonds is 3. The highest BCUT2D eigenvalue weighted by Crippen LogP contribution is 2.39. The first-order valence-electron chi connectivity index (χ1n) is 12.6. The fraction of sp³-hybridized carbons (Fsp3) is 0.481. The Labute approximate surface area is 204 Å². The third-order valence-electron chi connectivity index (χ3n) is 7.89. The van der Waals surface area contributed by atoms with Crippen LogP contribution in [0.1, 0.15) is 59.7 Å². The van der Waals surface area contributed by atoms with E-state index in [9.17, 15) is 9.59 Å². The first-order valence-corrected chi connectivity index (χ1v) is 12.6. The molecule has 1 saturated heterocycles. The van der Waals surface area contributed by atoms with Crippen LogP contribution < -0.4 is 0 Å². The lowest BCUT2D eigenvalue weighted by molar-refractivity contribution is -0.129. The summed E-state index contributed by atoms with van der Waals surface area (Å²) < 4.78 is 9.57. The average molecular weight is 474 g/mol. The summed E-state index contributed by atoms with van der Waals surface area (Å²) in [6, 6.07) is 6.63. The molecule has 3 aliphatic rings. The summed E-state index contributed by atoms with van der Waals surface area (Å²) in [5, 5.41) is 9.47. The van der Waals surface area contributed by atoms with Gasteiger partial charge in [0.25, 0.3) is 0 Å². The van der Waals surface area contributed by atoms with Crippen LogP contribution in [0.5, 0.6) is 0 Å². The summed E-state index contributed by atoms with van der Waals surface area (Å²) >= 11 is 0. The standard InChI is InChI=1S/C27H31N5O3/c1-17(33)31-9-6-25-24(16-31)27(29-32(25)20-7-10-35-11-8-20)21-5-3-4-18-12-23(26(34)13-22(18)21)19-14-28-30(2)15-19/h3-5,14-15,20,23H,6-13,16H2,1-2H3. The maximum Gasteiger partial charge on any atom is 0.219 e. The molecular weight excluding hydrogens is 442 g/mol. The molecule has 0 radical (unpaired) electrons. The Balaban J connectivity index is 1.43. The number of Topliss-reactive ketones (excluding diaryl/α,β-unsaturated/α-hetero) is 1. The largest absolute Gasteiger partial charge is 0.381 e. The van der Waals surface area contributed by atoms with Gasteiger partial charge in [-0.25, -0.2) is 0 Å². The molecule has 1 aliphatic carbocycles. The fourth-order valence-electron chi connectivity index (χ4n) is 5.97. The molecule has 2 aromatic heterocycles. The van der Waals surface area contributed by atoms with Crippen molar-refractivity contribution in [2.24, 2.45) is 7.05 Å². The second-order valence-corrected chi connectivity index (χ2v) is 10.0. The van der Waals surface area contributed by atoms with Gasteiger partial charge in [0.05, 0.1) is 23.9 Å². The molecule has 1 amide bonds. The molecule has 1 aromatic carbocycles. The van der Waals surface area contributed by atoms with E-state index in [0.717, 1.165) is 67.0 Å². The topological polar surface area (TPSA) is 82.3 Å². The van der Waals surface area contributed by atoms with Gasteiger partial charge in [0.1, 0.15) is 5.78 Å². The van der Waals surface area contributed by atoms with Gasteiger partial charge < -0.3 is 9.64 Å². The smallest absolute Gasteiger partial charge is 0.219 e. The van der Waals surface area contributed by atoms with Gasteiger partial charge in [-0.15, -0.1) is 0 Å². The monoisotopic (exact) mass is 473 g/mol. The maximum atomic E-state index is 13.3. The Morgan fingerprint density at radius 1 is 1.17 bits per heavy atom. The van der Waals surface area contributed by atoms with Crippen molar-refractivity contribution in [1.82, 2.24) is 24.5 Å². The highest BCUT2D eigenvalue weighted by molar-refractivity contribution is 5.92. The van der Waals surface area contributed by atoms with Crippen LogP contribution >= 0.6 is 0 Å². The highest BCUT2D eigenvalue weighted by atomic mass is 16.5. The lowest BCUT2D eigenvalue weighted by Crippen LogP contribution is -2.35. The number of benzene rings is 1. The van der Waals surface area contributed by atoms with Gasteiger partial charge in [0, 0.05) is 81.7 Å². The molecule has 4 heterocycles. The number of hydrogen-bond acceptors (Lipinski definition) is 5. The molecule has 1 unspecified atom stereocenters. The Morgan fingerprint density at radius 3 is 2.74 bits per heavy atom. The molecule has 35 heavy (non-hydrogen) atoms. The van der Waals surface area contributed by atoms with Crippen LogP contribution in [-0.4, -0.2) is 55.9 Å². The molecule has 0 saturated carbocycles. The van der Waals surface area contributed by atoms with E-state index >= 15 is 0 Å². The summed E-state index contributed by atoms with van der Waals surface area (Å²) in [6.07, 6.45) is 7.51. The van der Waals surface area contributed by atoms with E-state index < -0.39 is 0 Å². The van der Waals surface area contributed by atoms with Crippen LogP contribution in [0.3, 0.4) is 0 Å². The highest BCUT2D eigenvalue weighted by Gasteiger charge is 2.34. The van der Waals surface area contributed by atoms with Gasteiger partial charge in [-0.2, -0.15) is 10.2 Å². The van der Waals surface area contributed by atoms with Gasteiger partial charge in [-0.3, -0.25) is 19.0 Å². The van der Waals surface area contributed by atoms with Crippen LogP contribution in [-0.2, 0) is 47.2 Å². The van der Waals surface area contributed by atoms with Crippen LogP contribution in [0.4, 0.5) is 0 Å². The first kappa shape index (κ1) is 22.2. The number of carbonyl (C=O) groups is 2. The van der Waals surface area contributed by atoms with Crippen LogP contribution in [0, 0.1) is 0 Å². The summed E-state index contributed by atoms with van der Waals surface area (Å²) in [7, 11) is 1.88. The van der Waals surface area contributed by atoms with E-state index in [1.165, 1.54) is 11.3 Å². The van der Waals surface area contributed by atoms with E-state index in [4.69, 9.17) is 9.84 Å². The van der Waals surface area contributed by atoms with Crippen LogP contribution in [0.15, 0.2) is 30.6 Å². The van der Waals surface area contributed by atoms with E-state index in [-0.39, 0.29) is 17.6 Å².